The van der Waals surface area contributed by atoms with E-state index in [4.69, 9.17) is 0 Å². The average Bonchev–Trinajstić information content (AvgIpc) is 3.28. The van der Waals surface area contributed by atoms with Crippen LogP contribution in [0.15, 0.2) is 53.3 Å². The van der Waals surface area contributed by atoms with E-state index in [2.05, 4.69) is 22.1 Å². The fourth-order valence-electron chi connectivity index (χ4n) is 3.80. The number of para-hydroxylation sites is 2. The van der Waals surface area contributed by atoms with E-state index in [0.29, 0.717) is 12.4 Å². The van der Waals surface area contributed by atoms with Crippen LogP contribution in [0.4, 0.5) is 11.5 Å². The Balaban J connectivity index is 1.55. The maximum absolute atomic E-state index is 13.1. The van der Waals surface area contributed by atoms with Gasteiger partial charge in [-0.1, -0.05) is 31.2 Å². The number of aryl methyl sites for hydroxylation is 2. The molecule has 1 amide bonds. The van der Waals surface area contributed by atoms with Gasteiger partial charge in [-0.3, -0.25) is 9.59 Å². The third-order valence-electron chi connectivity index (χ3n) is 5.45. The molecule has 6 heteroatoms. The maximum atomic E-state index is 13.1. The van der Waals surface area contributed by atoms with Crippen LogP contribution < -0.4 is 15.8 Å². The molecule has 2 heterocycles. The van der Waals surface area contributed by atoms with Crippen LogP contribution in [0, 0.1) is 0 Å². The SMILES string of the molecule is CCc1ccc(NC(=O)CCn2c(=O)c(N3CCCC3)nc3ccccc32)cc1. The summed E-state index contributed by atoms with van der Waals surface area (Å²) in [4.78, 5) is 32.3. The van der Waals surface area contributed by atoms with Gasteiger partial charge < -0.3 is 14.8 Å². The number of hydrogen-bond acceptors (Lipinski definition) is 4. The van der Waals surface area contributed by atoms with E-state index in [1.165, 1.54) is 5.56 Å². The van der Waals surface area contributed by atoms with Gasteiger partial charge in [0, 0.05) is 31.7 Å². The largest absolute Gasteiger partial charge is 0.352 e. The second kappa shape index (κ2) is 8.47. The number of rotatable bonds is 6. The van der Waals surface area contributed by atoms with Crippen molar-refractivity contribution in [2.75, 3.05) is 23.3 Å². The van der Waals surface area contributed by atoms with Crippen molar-refractivity contribution in [1.29, 1.82) is 0 Å². The first-order valence-corrected chi connectivity index (χ1v) is 10.3. The Hall–Kier alpha value is -3.15. The van der Waals surface area contributed by atoms with Crippen LogP contribution in [0.3, 0.4) is 0 Å². The Morgan fingerprint density at radius 2 is 1.79 bits per heavy atom. The van der Waals surface area contributed by atoms with Crippen LogP contribution >= 0.6 is 0 Å². The standard InChI is InChI=1S/C23H26N4O2/c1-2-17-9-11-18(12-10-17)24-21(28)13-16-27-20-8-4-3-7-19(20)25-22(23(27)29)26-14-5-6-15-26/h3-4,7-12H,2,5-6,13-16H2,1H3,(H,24,28). The molecule has 6 nitrogen and oxygen atoms in total. The molecule has 150 valence electrons. The Labute approximate surface area is 170 Å². The van der Waals surface area contributed by atoms with Gasteiger partial charge in [0.25, 0.3) is 5.56 Å². The van der Waals surface area contributed by atoms with Crippen LogP contribution in [0.5, 0.6) is 0 Å². The minimum atomic E-state index is -0.120. The zero-order valence-electron chi connectivity index (χ0n) is 16.7. The Kier molecular flexibility index (Phi) is 5.60. The van der Waals surface area contributed by atoms with Gasteiger partial charge in [0.15, 0.2) is 5.82 Å². The average molecular weight is 390 g/mol. The molecule has 1 aromatic heterocycles. The molecule has 0 saturated carbocycles. The monoisotopic (exact) mass is 390 g/mol. The molecule has 1 N–H and O–H groups in total. The number of nitrogens with zero attached hydrogens (tertiary/aromatic N) is 3. The normalized spacial score (nSPS) is 13.8. The van der Waals surface area contributed by atoms with E-state index < -0.39 is 0 Å². The van der Waals surface area contributed by atoms with Crippen LogP contribution in [-0.4, -0.2) is 28.5 Å². The molecule has 3 aromatic rings. The minimum Gasteiger partial charge on any atom is -0.352 e. The van der Waals surface area contributed by atoms with Crippen LogP contribution in [0.1, 0.15) is 31.7 Å². The van der Waals surface area contributed by atoms with Gasteiger partial charge in [-0.25, -0.2) is 4.98 Å². The smallest absolute Gasteiger partial charge is 0.294 e. The van der Waals surface area contributed by atoms with E-state index in [0.717, 1.165) is 49.1 Å². The summed E-state index contributed by atoms with van der Waals surface area (Å²) < 4.78 is 1.69. The molecule has 0 spiro atoms. The lowest BCUT2D eigenvalue weighted by Gasteiger charge is -2.19. The van der Waals surface area contributed by atoms with E-state index in [-0.39, 0.29) is 17.9 Å². The molecule has 0 atom stereocenters. The molecule has 0 aliphatic carbocycles. The molecule has 1 fully saturated rings. The summed E-state index contributed by atoms with van der Waals surface area (Å²) in [5.41, 5.74) is 3.43. The lowest BCUT2D eigenvalue weighted by Crippen LogP contribution is -2.32. The number of amides is 1. The summed E-state index contributed by atoms with van der Waals surface area (Å²) in [6.45, 7) is 4.13. The highest BCUT2D eigenvalue weighted by Gasteiger charge is 2.20. The highest BCUT2D eigenvalue weighted by molar-refractivity contribution is 5.90. The van der Waals surface area contributed by atoms with Crippen LogP contribution in [0.2, 0.25) is 0 Å². The summed E-state index contributed by atoms with van der Waals surface area (Å²) in [5.74, 6) is 0.390. The zero-order valence-corrected chi connectivity index (χ0v) is 16.7. The van der Waals surface area contributed by atoms with Gasteiger partial charge in [-0.15, -0.1) is 0 Å². The number of anilines is 2. The van der Waals surface area contributed by atoms with Gasteiger partial charge in [-0.2, -0.15) is 0 Å². The van der Waals surface area contributed by atoms with Crippen molar-refractivity contribution in [2.45, 2.75) is 39.2 Å². The van der Waals surface area contributed by atoms with E-state index >= 15 is 0 Å². The molecule has 1 aliphatic rings. The number of aromatic nitrogens is 2. The predicted molar refractivity (Wildman–Crippen MR) is 117 cm³/mol. The Bertz CT molecular complexity index is 1070. The summed E-state index contributed by atoms with van der Waals surface area (Å²) in [7, 11) is 0. The first kappa shape index (κ1) is 19.2. The topological polar surface area (TPSA) is 67.2 Å². The molecule has 0 radical (unpaired) electrons. The highest BCUT2D eigenvalue weighted by Crippen LogP contribution is 2.18. The van der Waals surface area contributed by atoms with Crippen LogP contribution in [-0.2, 0) is 17.8 Å². The number of benzene rings is 2. The maximum Gasteiger partial charge on any atom is 0.294 e. The molecule has 0 unspecified atom stereocenters. The molecule has 4 rings (SSSR count). The summed E-state index contributed by atoms with van der Waals surface area (Å²) >= 11 is 0. The second-order valence-corrected chi connectivity index (χ2v) is 7.42. The first-order chi connectivity index (χ1) is 14.2. The third-order valence-corrected chi connectivity index (χ3v) is 5.45. The highest BCUT2D eigenvalue weighted by atomic mass is 16.2. The Morgan fingerprint density at radius 3 is 2.52 bits per heavy atom. The van der Waals surface area contributed by atoms with Gasteiger partial charge in [0.05, 0.1) is 11.0 Å². The lowest BCUT2D eigenvalue weighted by molar-refractivity contribution is -0.116. The predicted octanol–water partition coefficient (Wildman–Crippen LogP) is 3.59. The Morgan fingerprint density at radius 1 is 1.07 bits per heavy atom. The van der Waals surface area contributed by atoms with Crippen molar-refractivity contribution in [3.63, 3.8) is 0 Å². The summed E-state index contributed by atoms with van der Waals surface area (Å²) in [5, 5.41) is 2.92. The van der Waals surface area contributed by atoms with Crippen molar-refractivity contribution >= 4 is 28.4 Å². The van der Waals surface area contributed by atoms with E-state index in [1.807, 2.05) is 48.5 Å². The van der Waals surface area contributed by atoms with Gasteiger partial charge >= 0.3 is 0 Å². The van der Waals surface area contributed by atoms with Crippen LogP contribution in [0.25, 0.3) is 11.0 Å². The van der Waals surface area contributed by atoms with Crippen molar-refractivity contribution in [1.82, 2.24) is 9.55 Å². The van der Waals surface area contributed by atoms with E-state index in [1.54, 1.807) is 4.57 Å². The number of carbonyl (C=O) groups excluding carboxylic acids is 1. The van der Waals surface area contributed by atoms with Crippen molar-refractivity contribution < 1.29 is 4.79 Å². The lowest BCUT2D eigenvalue weighted by atomic mass is 10.1. The van der Waals surface area contributed by atoms with E-state index in [9.17, 15) is 9.59 Å². The third kappa shape index (κ3) is 4.16. The van der Waals surface area contributed by atoms with Crippen molar-refractivity contribution in [3.8, 4) is 0 Å². The fourth-order valence-corrected chi connectivity index (χ4v) is 3.80. The van der Waals surface area contributed by atoms with Crippen molar-refractivity contribution in [3.05, 3.63) is 64.4 Å². The fraction of sp³-hybridized carbons (Fsp3) is 0.348. The summed E-state index contributed by atoms with van der Waals surface area (Å²) in [6.07, 6.45) is 3.34. The first-order valence-electron chi connectivity index (χ1n) is 10.3. The number of carbonyl (C=O) groups is 1. The summed E-state index contributed by atoms with van der Waals surface area (Å²) in [6, 6.07) is 15.5. The molecule has 1 saturated heterocycles. The zero-order chi connectivity index (χ0) is 20.2. The molecular weight excluding hydrogens is 364 g/mol. The molecule has 0 bridgehead atoms. The van der Waals surface area contributed by atoms with Gasteiger partial charge in [-0.05, 0) is 49.1 Å². The number of hydrogen-bond donors (Lipinski definition) is 1. The molecule has 1 aliphatic heterocycles. The number of nitrogens with one attached hydrogen (secondary N) is 1. The molecule has 2 aromatic carbocycles. The van der Waals surface area contributed by atoms with Gasteiger partial charge in [0.1, 0.15) is 0 Å². The number of fused-ring (bicyclic) bond motifs is 1. The minimum absolute atomic E-state index is 0.107. The molecule has 29 heavy (non-hydrogen) atoms. The quantitative estimate of drug-likeness (QED) is 0.698. The second-order valence-electron chi connectivity index (χ2n) is 7.42. The van der Waals surface area contributed by atoms with Crippen molar-refractivity contribution in [2.24, 2.45) is 0 Å². The molecular formula is C23H26N4O2. The van der Waals surface area contributed by atoms with Gasteiger partial charge in [0.2, 0.25) is 5.91 Å².